The highest BCUT2D eigenvalue weighted by atomic mass is 33.1. The van der Waals surface area contributed by atoms with E-state index in [4.69, 9.17) is 4.42 Å². The molecule has 0 aliphatic carbocycles. The molecule has 0 aliphatic heterocycles. The van der Waals surface area contributed by atoms with E-state index in [0.29, 0.717) is 0 Å². The first kappa shape index (κ1) is 8.74. The maximum atomic E-state index is 10.5. The molecule has 0 aromatic carbocycles. The van der Waals surface area contributed by atoms with Crippen molar-refractivity contribution in [3.8, 4) is 0 Å². The number of hydrogen-bond donors (Lipinski definition) is 0. The summed E-state index contributed by atoms with van der Waals surface area (Å²) in [4.78, 5) is 10.5. The Labute approximate surface area is 73.1 Å². The fourth-order valence-corrected chi connectivity index (χ4v) is 2.09. The predicted octanol–water partition coefficient (Wildman–Crippen LogP) is 2.71. The van der Waals surface area contributed by atoms with Crippen LogP contribution < -0.4 is 0 Å². The average Bonchev–Trinajstić information content (AvgIpc) is 2.39. The standard InChI is InChI=1S/C7H8O2S2/c1-6(8)11-10-5-7-3-2-4-9-7/h2-4H,5H2,1H3. The van der Waals surface area contributed by atoms with E-state index in [-0.39, 0.29) is 5.12 Å². The summed E-state index contributed by atoms with van der Waals surface area (Å²) >= 11 is 0. The van der Waals surface area contributed by atoms with Crippen LogP contribution in [-0.4, -0.2) is 5.12 Å². The average molecular weight is 188 g/mol. The van der Waals surface area contributed by atoms with Crippen LogP contribution in [0, 0.1) is 0 Å². The summed E-state index contributed by atoms with van der Waals surface area (Å²) in [5.41, 5.74) is 0. The van der Waals surface area contributed by atoms with E-state index in [9.17, 15) is 4.79 Å². The molecule has 0 unspecified atom stereocenters. The minimum atomic E-state index is 0.126. The third kappa shape index (κ3) is 3.53. The lowest BCUT2D eigenvalue weighted by atomic mass is 10.5. The van der Waals surface area contributed by atoms with Gasteiger partial charge in [-0.25, -0.2) is 0 Å². The van der Waals surface area contributed by atoms with E-state index in [0.717, 1.165) is 11.5 Å². The fourth-order valence-electron chi connectivity index (χ4n) is 0.565. The van der Waals surface area contributed by atoms with Crippen LogP contribution in [0.2, 0.25) is 0 Å². The Morgan fingerprint density at radius 1 is 1.73 bits per heavy atom. The van der Waals surface area contributed by atoms with Crippen LogP contribution in [0.3, 0.4) is 0 Å². The Morgan fingerprint density at radius 2 is 2.55 bits per heavy atom. The Balaban J connectivity index is 2.19. The van der Waals surface area contributed by atoms with Gasteiger partial charge in [-0.1, -0.05) is 10.8 Å². The molecule has 60 valence electrons. The molecule has 0 amide bonds. The maximum absolute atomic E-state index is 10.5. The van der Waals surface area contributed by atoms with Gasteiger partial charge in [0.1, 0.15) is 5.76 Å². The molecule has 0 saturated heterocycles. The van der Waals surface area contributed by atoms with E-state index < -0.39 is 0 Å². The van der Waals surface area contributed by atoms with Crippen LogP contribution >= 0.6 is 21.6 Å². The van der Waals surface area contributed by atoms with Gasteiger partial charge >= 0.3 is 0 Å². The first-order valence-corrected chi connectivity index (χ1v) is 5.43. The van der Waals surface area contributed by atoms with Crippen LogP contribution in [0.5, 0.6) is 0 Å². The van der Waals surface area contributed by atoms with Crippen LogP contribution in [0.4, 0.5) is 0 Å². The number of rotatable bonds is 3. The summed E-state index contributed by atoms with van der Waals surface area (Å²) in [5, 5.41) is 0.126. The zero-order valence-electron chi connectivity index (χ0n) is 6.07. The van der Waals surface area contributed by atoms with Crippen LogP contribution in [0.15, 0.2) is 22.8 Å². The molecule has 0 saturated carbocycles. The lowest BCUT2D eigenvalue weighted by molar-refractivity contribution is -0.109. The molecular formula is C7H8O2S2. The van der Waals surface area contributed by atoms with Gasteiger partial charge in [-0.15, -0.1) is 0 Å². The second-order valence-corrected chi connectivity index (χ2v) is 4.39. The van der Waals surface area contributed by atoms with Gasteiger partial charge in [0.15, 0.2) is 5.12 Å². The zero-order valence-corrected chi connectivity index (χ0v) is 7.71. The van der Waals surface area contributed by atoms with Gasteiger partial charge in [-0.05, 0) is 22.9 Å². The van der Waals surface area contributed by atoms with Gasteiger partial charge < -0.3 is 4.42 Å². The molecule has 0 spiro atoms. The van der Waals surface area contributed by atoms with Crippen molar-refractivity contribution >= 4 is 26.7 Å². The molecular weight excluding hydrogens is 180 g/mol. The highest BCUT2D eigenvalue weighted by molar-refractivity contribution is 8.81. The lowest BCUT2D eigenvalue weighted by Gasteiger charge is -1.92. The summed E-state index contributed by atoms with van der Waals surface area (Å²) < 4.78 is 5.07. The molecule has 1 heterocycles. The van der Waals surface area contributed by atoms with Crippen molar-refractivity contribution in [1.82, 2.24) is 0 Å². The van der Waals surface area contributed by atoms with Crippen LogP contribution in [0.25, 0.3) is 0 Å². The third-order valence-corrected chi connectivity index (χ3v) is 3.12. The third-order valence-electron chi connectivity index (χ3n) is 0.958. The predicted molar refractivity (Wildman–Crippen MR) is 48.3 cm³/mol. The Hall–Kier alpha value is -0.350. The number of carbonyl (C=O) groups excluding carboxylic acids is 1. The van der Waals surface area contributed by atoms with E-state index in [1.807, 2.05) is 12.1 Å². The first-order chi connectivity index (χ1) is 5.29. The second kappa shape index (κ2) is 4.51. The molecule has 4 heteroatoms. The largest absolute Gasteiger partial charge is 0.468 e. The van der Waals surface area contributed by atoms with Gasteiger partial charge in [-0.3, -0.25) is 4.79 Å². The number of carbonyl (C=O) groups is 1. The fraction of sp³-hybridized carbons (Fsp3) is 0.286. The molecule has 0 N–H and O–H groups in total. The van der Waals surface area contributed by atoms with Crippen molar-refractivity contribution in [3.05, 3.63) is 24.2 Å². The summed E-state index contributed by atoms with van der Waals surface area (Å²) in [7, 11) is 2.74. The van der Waals surface area contributed by atoms with Gasteiger partial charge in [0.2, 0.25) is 0 Å². The van der Waals surface area contributed by atoms with Crippen molar-refractivity contribution in [2.75, 3.05) is 0 Å². The molecule has 1 aromatic rings. The number of hydrogen-bond acceptors (Lipinski definition) is 4. The van der Waals surface area contributed by atoms with E-state index in [1.165, 1.54) is 21.6 Å². The summed E-state index contributed by atoms with van der Waals surface area (Å²) in [6.07, 6.45) is 1.63. The Morgan fingerprint density at radius 3 is 3.09 bits per heavy atom. The summed E-state index contributed by atoms with van der Waals surface area (Å²) in [6.45, 7) is 1.56. The van der Waals surface area contributed by atoms with Crippen molar-refractivity contribution in [2.45, 2.75) is 12.7 Å². The minimum absolute atomic E-state index is 0.126. The lowest BCUT2D eigenvalue weighted by Crippen LogP contribution is -1.76. The molecule has 0 aliphatic rings. The normalized spacial score (nSPS) is 9.91. The molecule has 0 bridgehead atoms. The Bertz CT molecular complexity index is 218. The van der Waals surface area contributed by atoms with Gasteiger partial charge in [-0.2, -0.15) is 0 Å². The van der Waals surface area contributed by atoms with Crippen molar-refractivity contribution in [2.24, 2.45) is 0 Å². The first-order valence-electron chi connectivity index (χ1n) is 3.11. The van der Waals surface area contributed by atoms with Crippen LogP contribution in [0.1, 0.15) is 12.7 Å². The summed E-state index contributed by atoms with van der Waals surface area (Å²) in [5.74, 6) is 1.65. The van der Waals surface area contributed by atoms with Gasteiger partial charge in [0, 0.05) is 6.92 Å². The smallest absolute Gasteiger partial charge is 0.196 e. The Kier molecular flexibility index (Phi) is 3.59. The molecule has 1 aromatic heterocycles. The van der Waals surface area contributed by atoms with E-state index in [2.05, 4.69) is 0 Å². The van der Waals surface area contributed by atoms with Gasteiger partial charge in [0.05, 0.1) is 12.0 Å². The van der Waals surface area contributed by atoms with Crippen molar-refractivity contribution in [3.63, 3.8) is 0 Å². The van der Waals surface area contributed by atoms with Crippen molar-refractivity contribution in [1.29, 1.82) is 0 Å². The maximum Gasteiger partial charge on any atom is 0.196 e. The molecule has 11 heavy (non-hydrogen) atoms. The topological polar surface area (TPSA) is 30.2 Å². The quantitative estimate of drug-likeness (QED) is 0.682. The SMILES string of the molecule is CC(=O)SSCc1ccco1. The second-order valence-electron chi connectivity index (χ2n) is 1.92. The minimum Gasteiger partial charge on any atom is -0.468 e. The van der Waals surface area contributed by atoms with Gasteiger partial charge in [0.25, 0.3) is 0 Å². The zero-order chi connectivity index (χ0) is 8.10. The molecule has 0 atom stereocenters. The van der Waals surface area contributed by atoms with Crippen LogP contribution in [-0.2, 0) is 10.5 Å². The summed E-state index contributed by atoms with van der Waals surface area (Å²) in [6, 6.07) is 3.74. The number of furan rings is 1. The molecule has 0 radical (unpaired) electrons. The molecule has 2 nitrogen and oxygen atoms in total. The van der Waals surface area contributed by atoms with E-state index in [1.54, 1.807) is 13.2 Å². The monoisotopic (exact) mass is 188 g/mol. The molecule has 0 fully saturated rings. The highest BCUT2D eigenvalue weighted by Gasteiger charge is 1.98. The van der Waals surface area contributed by atoms with E-state index >= 15 is 0 Å². The molecule has 1 rings (SSSR count). The van der Waals surface area contributed by atoms with Crippen molar-refractivity contribution < 1.29 is 9.21 Å². The highest BCUT2D eigenvalue weighted by Crippen LogP contribution is 2.26.